The summed E-state index contributed by atoms with van der Waals surface area (Å²) >= 11 is 3.46. The molecule has 0 bridgehead atoms. The number of carbonyl (C=O) groups excluding carboxylic acids is 1. The molecule has 0 spiro atoms. The van der Waals surface area contributed by atoms with Crippen molar-refractivity contribution in [3.63, 3.8) is 0 Å². The molecule has 0 aliphatic heterocycles. The van der Waals surface area contributed by atoms with E-state index in [0.29, 0.717) is 12.5 Å². The molecule has 1 atom stereocenters. The number of nitrogens with one attached hydrogen (secondary N) is 1. The van der Waals surface area contributed by atoms with Crippen molar-refractivity contribution in [2.75, 3.05) is 6.54 Å². The van der Waals surface area contributed by atoms with E-state index in [9.17, 15) is 13.6 Å². The Morgan fingerprint density at radius 2 is 2.00 bits per heavy atom. The molecular formula is C13H16BrF2NO. The minimum absolute atomic E-state index is 0.123. The van der Waals surface area contributed by atoms with Gasteiger partial charge < -0.3 is 5.32 Å². The summed E-state index contributed by atoms with van der Waals surface area (Å²) in [6.45, 7) is 4.63. The van der Waals surface area contributed by atoms with Gasteiger partial charge in [-0.15, -0.1) is 0 Å². The van der Waals surface area contributed by atoms with Crippen LogP contribution in [0.1, 0.15) is 30.6 Å². The lowest BCUT2D eigenvalue weighted by Crippen LogP contribution is -2.30. The van der Waals surface area contributed by atoms with E-state index in [2.05, 4.69) is 35.1 Å². The van der Waals surface area contributed by atoms with Crippen molar-refractivity contribution in [3.8, 4) is 0 Å². The summed E-state index contributed by atoms with van der Waals surface area (Å²) in [5.74, 6) is -1.85. The Kier molecular flexibility index (Phi) is 5.72. The first-order valence-corrected chi connectivity index (χ1v) is 6.69. The molecular weight excluding hydrogens is 304 g/mol. The minimum Gasteiger partial charge on any atom is -0.351 e. The first-order valence-electron chi connectivity index (χ1n) is 5.77. The summed E-state index contributed by atoms with van der Waals surface area (Å²) in [6.07, 6.45) is 0.929. The molecule has 1 aromatic carbocycles. The van der Waals surface area contributed by atoms with E-state index in [1.54, 1.807) is 0 Å². The third-order valence-corrected chi connectivity index (χ3v) is 3.09. The fraction of sp³-hybridized carbons (Fsp3) is 0.462. The van der Waals surface area contributed by atoms with E-state index in [0.717, 1.165) is 18.6 Å². The molecule has 0 aliphatic rings. The van der Waals surface area contributed by atoms with Crippen LogP contribution in [0.5, 0.6) is 0 Å². The lowest BCUT2D eigenvalue weighted by molar-refractivity contribution is 0.0952. The van der Waals surface area contributed by atoms with Gasteiger partial charge in [0.1, 0.15) is 0 Å². The molecule has 100 valence electrons. The fourth-order valence-corrected chi connectivity index (χ4v) is 2.45. The van der Waals surface area contributed by atoms with Crippen LogP contribution in [-0.4, -0.2) is 17.3 Å². The van der Waals surface area contributed by atoms with E-state index in [-0.39, 0.29) is 10.4 Å². The molecule has 1 amide bonds. The molecule has 5 heteroatoms. The number of benzene rings is 1. The van der Waals surface area contributed by atoms with E-state index in [4.69, 9.17) is 0 Å². The number of halogens is 3. The maximum absolute atomic E-state index is 12.9. The van der Waals surface area contributed by atoms with Crippen LogP contribution in [-0.2, 0) is 0 Å². The standard InChI is InChI=1S/C13H16BrF2NO/c1-8(2)5-10(14)7-17-13(18)9-3-4-11(15)12(16)6-9/h3-4,6,8,10H,5,7H2,1-2H3,(H,17,18). The molecule has 0 saturated heterocycles. The van der Waals surface area contributed by atoms with Crippen molar-refractivity contribution in [2.45, 2.75) is 25.1 Å². The van der Waals surface area contributed by atoms with Crippen molar-refractivity contribution >= 4 is 21.8 Å². The molecule has 2 nitrogen and oxygen atoms in total. The monoisotopic (exact) mass is 319 g/mol. The lowest BCUT2D eigenvalue weighted by atomic mass is 10.1. The summed E-state index contributed by atoms with van der Waals surface area (Å²) < 4.78 is 25.7. The Bertz CT molecular complexity index is 423. The smallest absolute Gasteiger partial charge is 0.251 e. The van der Waals surface area contributed by atoms with E-state index in [1.807, 2.05) is 0 Å². The summed E-state index contributed by atoms with van der Waals surface area (Å²) in [5.41, 5.74) is 0.123. The van der Waals surface area contributed by atoms with Gasteiger partial charge in [0, 0.05) is 16.9 Å². The molecule has 0 fully saturated rings. The Hall–Kier alpha value is -0.970. The van der Waals surface area contributed by atoms with Crippen LogP contribution in [0.3, 0.4) is 0 Å². The number of alkyl halides is 1. The quantitative estimate of drug-likeness (QED) is 0.827. The van der Waals surface area contributed by atoms with E-state index in [1.165, 1.54) is 6.07 Å². The van der Waals surface area contributed by atoms with Crippen LogP contribution >= 0.6 is 15.9 Å². The highest BCUT2D eigenvalue weighted by Crippen LogP contribution is 2.12. The predicted octanol–water partition coefficient (Wildman–Crippen LogP) is 3.50. The predicted molar refractivity (Wildman–Crippen MR) is 70.9 cm³/mol. The average molecular weight is 320 g/mol. The second kappa shape index (κ2) is 6.83. The summed E-state index contributed by atoms with van der Waals surface area (Å²) in [7, 11) is 0. The molecule has 0 aromatic heterocycles. The van der Waals surface area contributed by atoms with Gasteiger partial charge in [0.2, 0.25) is 0 Å². The largest absolute Gasteiger partial charge is 0.351 e. The molecule has 1 unspecified atom stereocenters. The number of carbonyl (C=O) groups is 1. The summed E-state index contributed by atoms with van der Waals surface area (Å²) in [6, 6.07) is 3.11. The highest BCUT2D eigenvalue weighted by Gasteiger charge is 2.12. The van der Waals surface area contributed by atoms with Crippen LogP contribution in [0.15, 0.2) is 18.2 Å². The molecule has 18 heavy (non-hydrogen) atoms. The highest BCUT2D eigenvalue weighted by atomic mass is 79.9. The maximum atomic E-state index is 12.9. The van der Waals surface area contributed by atoms with Crippen LogP contribution < -0.4 is 5.32 Å². The molecule has 1 rings (SSSR count). The number of rotatable bonds is 5. The van der Waals surface area contributed by atoms with E-state index >= 15 is 0 Å². The maximum Gasteiger partial charge on any atom is 0.251 e. The molecule has 1 N–H and O–H groups in total. The minimum atomic E-state index is -1.01. The van der Waals surface area contributed by atoms with Crippen molar-refractivity contribution in [1.29, 1.82) is 0 Å². The van der Waals surface area contributed by atoms with Gasteiger partial charge in [-0.05, 0) is 30.5 Å². The van der Waals surface area contributed by atoms with Gasteiger partial charge in [-0.1, -0.05) is 29.8 Å². The fourth-order valence-electron chi connectivity index (χ4n) is 1.54. The van der Waals surface area contributed by atoms with E-state index < -0.39 is 17.5 Å². The number of amides is 1. The zero-order chi connectivity index (χ0) is 13.7. The van der Waals surface area contributed by atoms with Gasteiger partial charge in [0.25, 0.3) is 5.91 Å². The van der Waals surface area contributed by atoms with Crippen LogP contribution in [0.2, 0.25) is 0 Å². The molecule has 0 heterocycles. The molecule has 0 radical (unpaired) electrons. The van der Waals surface area contributed by atoms with Crippen LogP contribution in [0.25, 0.3) is 0 Å². The normalized spacial score (nSPS) is 12.6. The number of hydrogen-bond donors (Lipinski definition) is 1. The van der Waals surface area contributed by atoms with Gasteiger partial charge in [-0.3, -0.25) is 4.79 Å². The molecule has 0 aliphatic carbocycles. The Labute approximate surface area is 114 Å². The Balaban J connectivity index is 2.52. The second-order valence-corrected chi connectivity index (χ2v) is 5.86. The molecule has 0 saturated carbocycles. The van der Waals surface area contributed by atoms with Gasteiger partial charge >= 0.3 is 0 Å². The van der Waals surface area contributed by atoms with Crippen molar-refractivity contribution in [3.05, 3.63) is 35.4 Å². The third kappa shape index (κ3) is 4.72. The SMILES string of the molecule is CC(C)CC(Br)CNC(=O)c1ccc(F)c(F)c1. The van der Waals surface area contributed by atoms with Crippen molar-refractivity contribution in [1.82, 2.24) is 5.32 Å². The first kappa shape index (κ1) is 15.1. The van der Waals surface area contributed by atoms with Gasteiger partial charge in [-0.2, -0.15) is 0 Å². The zero-order valence-electron chi connectivity index (χ0n) is 10.3. The summed E-state index contributed by atoms with van der Waals surface area (Å²) in [4.78, 5) is 11.9. The van der Waals surface area contributed by atoms with Crippen LogP contribution in [0, 0.1) is 17.6 Å². The van der Waals surface area contributed by atoms with Gasteiger partial charge in [0.05, 0.1) is 0 Å². The zero-order valence-corrected chi connectivity index (χ0v) is 11.9. The lowest BCUT2D eigenvalue weighted by Gasteiger charge is -2.13. The number of hydrogen-bond acceptors (Lipinski definition) is 1. The topological polar surface area (TPSA) is 29.1 Å². The van der Waals surface area contributed by atoms with Crippen molar-refractivity contribution in [2.24, 2.45) is 5.92 Å². The first-order chi connectivity index (χ1) is 8.40. The summed E-state index contributed by atoms with van der Waals surface area (Å²) in [5, 5.41) is 2.68. The average Bonchev–Trinajstić information content (AvgIpc) is 2.28. The Morgan fingerprint density at radius 3 is 2.56 bits per heavy atom. The van der Waals surface area contributed by atoms with Crippen molar-refractivity contribution < 1.29 is 13.6 Å². The Morgan fingerprint density at radius 1 is 1.33 bits per heavy atom. The third-order valence-electron chi connectivity index (χ3n) is 2.39. The molecule has 1 aromatic rings. The van der Waals surface area contributed by atoms with Gasteiger partial charge in [0.15, 0.2) is 11.6 Å². The van der Waals surface area contributed by atoms with Crippen LogP contribution in [0.4, 0.5) is 8.78 Å². The highest BCUT2D eigenvalue weighted by molar-refractivity contribution is 9.09. The second-order valence-electron chi connectivity index (χ2n) is 4.57. The van der Waals surface area contributed by atoms with Gasteiger partial charge in [-0.25, -0.2) is 8.78 Å².